The van der Waals surface area contributed by atoms with Crippen molar-refractivity contribution in [3.05, 3.63) is 94.0 Å². The lowest BCUT2D eigenvalue weighted by atomic mass is 9.98. The summed E-state index contributed by atoms with van der Waals surface area (Å²) in [6.07, 6.45) is 0.192. The van der Waals surface area contributed by atoms with Gasteiger partial charge in [0.25, 0.3) is 0 Å². The fourth-order valence-corrected chi connectivity index (χ4v) is 3.91. The predicted molar refractivity (Wildman–Crippen MR) is 117 cm³/mol. The summed E-state index contributed by atoms with van der Waals surface area (Å²) in [5, 5.41) is 3.07. The molecule has 0 unspecified atom stereocenters. The highest BCUT2D eigenvalue weighted by Crippen LogP contribution is 2.44. The van der Waals surface area contributed by atoms with Gasteiger partial charge in [0.05, 0.1) is 6.54 Å². The van der Waals surface area contributed by atoms with E-state index in [0.717, 1.165) is 0 Å². The molecule has 0 aliphatic heterocycles. The Morgan fingerprint density at radius 2 is 1.70 bits per heavy atom. The summed E-state index contributed by atoms with van der Waals surface area (Å²) >= 11 is 5.95. The van der Waals surface area contributed by atoms with Gasteiger partial charge in [0.2, 0.25) is 0 Å². The topological polar surface area (TPSA) is 55.4 Å². The molecule has 0 fully saturated rings. The summed E-state index contributed by atoms with van der Waals surface area (Å²) in [6, 6.07) is 21.2. The van der Waals surface area contributed by atoms with E-state index in [1.54, 1.807) is 18.2 Å². The third kappa shape index (κ3) is 4.22. The van der Waals surface area contributed by atoms with Gasteiger partial charge >= 0.3 is 6.09 Å². The van der Waals surface area contributed by atoms with E-state index in [4.69, 9.17) is 16.3 Å². The maximum absolute atomic E-state index is 12.1. The van der Waals surface area contributed by atoms with E-state index < -0.39 is 6.09 Å². The van der Waals surface area contributed by atoms with Crippen molar-refractivity contribution in [2.45, 2.75) is 5.92 Å². The fourth-order valence-electron chi connectivity index (χ4n) is 3.66. The fraction of sp³-hybridized carbons (Fsp3) is 0.120. The number of halogens is 1. The summed E-state index contributed by atoms with van der Waals surface area (Å²) in [4.78, 5) is 23.0. The second kappa shape index (κ2) is 8.86. The number of benzene rings is 3. The van der Waals surface area contributed by atoms with Crippen LogP contribution in [0.4, 0.5) is 4.79 Å². The number of aldehydes is 1. The Kier molecular flexibility index (Phi) is 5.83. The molecule has 4 rings (SSSR count). The van der Waals surface area contributed by atoms with Crippen LogP contribution in [0.5, 0.6) is 0 Å². The molecule has 0 bridgehead atoms. The van der Waals surface area contributed by atoms with Crippen LogP contribution in [0.2, 0.25) is 5.02 Å². The SMILES string of the molecule is O=Cc1cc(Cl)cc(C#CCNC(=O)OCC2c3ccccc3-c3ccccc32)c1. The maximum Gasteiger partial charge on any atom is 0.407 e. The summed E-state index contributed by atoms with van der Waals surface area (Å²) in [5.74, 6) is 5.73. The molecule has 148 valence electrons. The molecule has 1 aliphatic carbocycles. The van der Waals surface area contributed by atoms with Gasteiger partial charge in [0.1, 0.15) is 12.9 Å². The first kappa shape index (κ1) is 19.8. The average molecular weight is 416 g/mol. The first-order valence-corrected chi connectivity index (χ1v) is 9.87. The molecule has 0 atom stereocenters. The number of carbonyl (C=O) groups excluding carboxylic acids is 2. The van der Waals surface area contributed by atoms with Crippen LogP contribution < -0.4 is 5.32 Å². The molecule has 1 amide bonds. The van der Waals surface area contributed by atoms with Crippen LogP contribution in [-0.4, -0.2) is 25.5 Å². The zero-order valence-electron chi connectivity index (χ0n) is 16.0. The molecular formula is C25H18ClNO3. The van der Waals surface area contributed by atoms with E-state index in [-0.39, 0.29) is 19.1 Å². The Morgan fingerprint density at radius 3 is 2.37 bits per heavy atom. The van der Waals surface area contributed by atoms with Crippen LogP contribution in [0.1, 0.15) is 33.0 Å². The molecule has 0 saturated heterocycles. The lowest BCUT2D eigenvalue weighted by Crippen LogP contribution is -2.26. The Hall–Kier alpha value is -3.55. The maximum atomic E-state index is 12.1. The largest absolute Gasteiger partial charge is 0.449 e. The number of hydrogen-bond donors (Lipinski definition) is 1. The molecule has 0 spiro atoms. The molecule has 4 nitrogen and oxygen atoms in total. The Morgan fingerprint density at radius 1 is 1.03 bits per heavy atom. The monoisotopic (exact) mass is 415 g/mol. The molecule has 0 aromatic heterocycles. The molecule has 30 heavy (non-hydrogen) atoms. The Bertz CT molecular complexity index is 1130. The van der Waals surface area contributed by atoms with Crippen molar-refractivity contribution in [1.82, 2.24) is 5.32 Å². The number of fused-ring (bicyclic) bond motifs is 3. The van der Waals surface area contributed by atoms with Crippen molar-refractivity contribution < 1.29 is 14.3 Å². The van der Waals surface area contributed by atoms with Crippen LogP contribution >= 0.6 is 11.6 Å². The molecule has 1 N–H and O–H groups in total. The number of rotatable bonds is 4. The summed E-state index contributed by atoms with van der Waals surface area (Å²) in [7, 11) is 0. The smallest absolute Gasteiger partial charge is 0.407 e. The van der Waals surface area contributed by atoms with Gasteiger partial charge in [-0.2, -0.15) is 0 Å². The summed E-state index contributed by atoms with van der Waals surface area (Å²) in [6.45, 7) is 0.379. The number of nitrogens with one attached hydrogen (secondary N) is 1. The molecule has 0 saturated carbocycles. The van der Waals surface area contributed by atoms with Crippen molar-refractivity contribution in [3.8, 4) is 23.0 Å². The van der Waals surface area contributed by atoms with Crippen molar-refractivity contribution >= 4 is 24.0 Å². The van der Waals surface area contributed by atoms with Crippen LogP contribution in [0.3, 0.4) is 0 Å². The third-order valence-corrected chi connectivity index (χ3v) is 5.17. The van der Waals surface area contributed by atoms with Gasteiger partial charge in [-0.25, -0.2) is 4.79 Å². The number of ether oxygens (including phenoxy) is 1. The van der Waals surface area contributed by atoms with Crippen LogP contribution in [0, 0.1) is 11.8 Å². The Labute approximate surface area is 179 Å². The molecule has 3 aromatic carbocycles. The molecule has 5 heteroatoms. The van der Waals surface area contributed by atoms with Crippen LogP contribution in [0.25, 0.3) is 11.1 Å². The van der Waals surface area contributed by atoms with Gasteiger partial charge in [0, 0.05) is 22.1 Å². The summed E-state index contributed by atoms with van der Waals surface area (Å²) < 4.78 is 5.46. The highest BCUT2D eigenvalue weighted by Gasteiger charge is 2.28. The van der Waals surface area contributed by atoms with Gasteiger partial charge in [-0.05, 0) is 40.5 Å². The van der Waals surface area contributed by atoms with Gasteiger partial charge in [-0.1, -0.05) is 72.0 Å². The standard InChI is InChI=1S/C25H18ClNO3/c26-19-13-17(12-18(14-19)15-28)6-5-11-27-25(29)30-16-24-22-9-3-1-7-20(22)21-8-2-4-10-23(21)24/h1-4,7-10,12-15,24H,11,16H2,(H,27,29). The van der Waals surface area contributed by atoms with Crippen molar-refractivity contribution in [2.24, 2.45) is 0 Å². The molecule has 0 heterocycles. The van der Waals surface area contributed by atoms with E-state index in [1.165, 1.54) is 22.3 Å². The first-order valence-electron chi connectivity index (χ1n) is 9.49. The van der Waals surface area contributed by atoms with Crippen molar-refractivity contribution in [1.29, 1.82) is 0 Å². The second-order valence-electron chi connectivity index (χ2n) is 6.87. The van der Waals surface area contributed by atoms with E-state index in [2.05, 4.69) is 41.4 Å². The molecule has 1 aliphatic rings. The van der Waals surface area contributed by atoms with E-state index in [1.807, 2.05) is 24.3 Å². The minimum absolute atomic E-state index is 0.0162. The normalized spacial score (nSPS) is 11.6. The van der Waals surface area contributed by atoms with Crippen molar-refractivity contribution in [2.75, 3.05) is 13.2 Å². The van der Waals surface area contributed by atoms with Crippen LogP contribution in [-0.2, 0) is 4.74 Å². The highest BCUT2D eigenvalue weighted by molar-refractivity contribution is 6.31. The lowest BCUT2D eigenvalue weighted by Gasteiger charge is -2.14. The van der Waals surface area contributed by atoms with Gasteiger partial charge < -0.3 is 10.1 Å². The average Bonchev–Trinajstić information content (AvgIpc) is 3.09. The number of hydrogen-bond acceptors (Lipinski definition) is 3. The molecule has 3 aromatic rings. The van der Waals surface area contributed by atoms with Gasteiger partial charge in [-0.15, -0.1) is 0 Å². The quantitative estimate of drug-likeness (QED) is 0.479. The van der Waals surface area contributed by atoms with E-state index in [9.17, 15) is 9.59 Å². The van der Waals surface area contributed by atoms with Gasteiger partial charge in [-0.3, -0.25) is 4.79 Å². The zero-order valence-corrected chi connectivity index (χ0v) is 16.8. The van der Waals surface area contributed by atoms with Crippen LogP contribution in [0.15, 0.2) is 66.7 Å². The minimum atomic E-state index is -0.522. The predicted octanol–water partition coefficient (Wildman–Crippen LogP) is 5.04. The zero-order chi connectivity index (χ0) is 20.9. The Balaban J connectivity index is 1.35. The highest BCUT2D eigenvalue weighted by atomic mass is 35.5. The lowest BCUT2D eigenvalue weighted by molar-refractivity contribution is 0.112. The second-order valence-corrected chi connectivity index (χ2v) is 7.31. The van der Waals surface area contributed by atoms with Gasteiger partial charge in [0.15, 0.2) is 0 Å². The number of amides is 1. The minimum Gasteiger partial charge on any atom is -0.449 e. The number of alkyl carbamates (subject to hydrolysis) is 1. The number of carbonyl (C=O) groups is 2. The van der Waals surface area contributed by atoms with E-state index >= 15 is 0 Å². The molecule has 0 radical (unpaired) electrons. The molecular weight excluding hydrogens is 398 g/mol. The summed E-state index contributed by atoms with van der Waals surface area (Å²) in [5.41, 5.74) is 5.76. The van der Waals surface area contributed by atoms with Crippen molar-refractivity contribution in [3.63, 3.8) is 0 Å². The van der Waals surface area contributed by atoms with E-state index in [0.29, 0.717) is 22.4 Å². The third-order valence-electron chi connectivity index (χ3n) is 4.95. The first-order chi connectivity index (χ1) is 14.7.